The average molecular weight is 119 g/mol. The molecule has 1 rings (SSSR count). The molecule has 0 unspecified atom stereocenters. The van der Waals surface area contributed by atoms with Gasteiger partial charge in [0.1, 0.15) is 0 Å². The first-order valence-corrected chi connectivity index (χ1v) is 3.30. The number of hydrogen-bond donors (Lipinski definition) is 0. The van der Waals surface area contributed by atoms with Gasteiger partial charge in [0, 0.05) is 0 Å². The summed E-state index contributed by atoms with van der Waals surface area (Å²) in [5.41, 5.74) is 0. The summed E-state index contributed by atoms with van der Waals surface area (Å²) < 4.78 is 0. The maximum atomic E-state index is 2.18. The number of rotatable bonds is 0. The van der Waals surface area contributed by atoms with Gasteiger partial charge < -0.3 is 0 Å². The van der Waals surface area contributed by atoms with Crippen molar-refractivity contribution in [2.24, 2.45) is 0 Å². The van der Waals surface area contributed by atoms with Crippen LogP contribution in [0.1, 0.15) is 12.8 Å². The molecule has 1 aliphatic carbocycles. The van der Waals surface area contributed by atoms with E-state index >= 15 is 0 Å². The minimum Gasteiger partial charge on any atom is -0.0876 e. The van der Waals surface area contributed by atoms with E-state index in [0.29, 0.717) is 0 Å². The van der Waals surface area contributed by atoms with Crippen LogP contribution in [0.15, 0.2) is 36.5 Å². The van der Waals surface area contributed by atoms with E-state index in [2.05, 4.69) is 42.9 Å². The Morgan fingerprint density at radius 3 is 2.56 bits per heavy atom. The van der Waals surface area contributed by atoms with E-state index in [1.165, 1.54) is 0 Å². The Labute approximate surface area is 56.6 Å². The Morgan fingerprint density at radius 1 is 0.667 bits per heavy atom. The molecule has 47 valence electrons. The summed E-state index contributed by atoms with van der Waals surface area (Å²) >= 11 is 0. The lowest BCUT2D eigenvalue weighted by molar-refractivity contribution is 1.26. The third-order valence-electron chi connectivity index (χ3n) is 1.21. The molecule has 0 aromatic rings. The Balaban J connectivity index is 2.43. The second-order valence-electron chi connectivity index (χ2n) is 1.99. The molecule has 0 heteroatoms. The molecule has 0 atom stereocenters. The molecule has 0 amide bonds. The molecule has 0 nitrogen and oxygen atoms in total. The molecule has 0 saturated carbocycles. The van der Waals surface area contributed by atoms with Crippen LogP contribution in [0.5, 0.6) is 0 Å². The van der Waals surface area contributed by atoms with Crippen LogP contribution < -0.4 is 0 Å². The average Bonchev–Trinajstić information content (AvgIpc) is 2.00. The maximum absolute atomic E-state index is 2.18. The normalized spacial score (nSPS) is 29.3. The van der Waals surface area contributed by atoms with Gasteiger partial charge >= 0.3 is 0 Å². The third-order valence-corrected chi connectivity index (χ3v) is 1.21. The van der Waals surface area contributed by atoms with Gasteiger partial charge in [0.15, 0.2) is 0 Å². The molecule has 0 aliphatic heterocycles. The van der Waals surface area contributed by atoms with E-state index in [0.717, 1.165) is 12.8 Å². The Kier molecular flexibility index (Phi) is 2.91. The van der Waals surface area contributed by atoms with Crippen molar-refractivity contribution in [2.45, 2.75) is 12.8 Å². The fourth-order valence-corrected chi connectivity index (χ4v) is 0.728. The van der Waals surface area contributed by atoms with Crippen LogP contribution in [0.3, 0.4) is 0 Å². The lowest BCUT2D eigenvalue weighted by atomic mass is 10.3. The van der Waals surface area contributed by atoms with Gasteiger partial charge in [-0.05, 0) is 19.3 Å². The summed E-state index contributed by atoms with van der Waals surface area (Å²) in [6.07, 6.45) is 17.0. The molecule has 1 radical (unpaired) electrons. The standard InChI is InChI=1S/C9H11/c1-2-4-6-8-9-7-5-3-1/h1-5,8-9H,6-7H2/b2-1+,5-3-,9-8+. The van der Waals surface area contributed by atoms with Gasteiger partial charge in [-0.2, -0.15) is 0 Å². The molecule has 0 fully saturated rings. The van der Waals surface area contributed by atoms with Crippen LogP contribution in [-0.4, -0.2) is 0 Å². The van der Waals surface area contributed by atoms with Gasteiger partial charge in [-0.15, -0.1) is 0 Å². The van der Waals surface area contributed by atoms with Crippen molar-refractivity contribution in [3.05, 3.63) is 42.9 Å². The lowest BCUT2D eigenvalue weighted by Gasteiger charge is -1.80. The lowest BCUT2D eigenvalue weighted by Crippen LogP contribution is -1.62. The van der Waals surface area contributed by atoms with Crippen LogP contribution in [0.25, 0.3) is 0 Å². The molecule has 0 aromatic carbocycles. The van der Waals surface area contributed by atoms with Crippen LogP contribution in [0, 0.1) is 6.42 Å². The molecule has 1 aliphatic rings. The zero-order chi connectivity index (χ0) is 6.36. The first-order valence-electron chi connectivity index (χ1n) is 3.30. The summed E-state index contributed by atoms with van der Waals surface area (Å²) in [4.78, 5) is 0. The molecule has 0 spiro atoms. The van der Waals surface area contributed by atoms with Crippen molar-refractivity contribution in [3.8, 4) is 0 Å². The molecule has 0 bridgehead atoms. The van der Waals surface area contributed by atoms with E-state index in [-0.39, 0.29) is 0 Å². The Morgan fingerprint density at radius 2 is 1.56 bits per heavy atom. The smallest absolute Gasteiger partial charge is 0.0130 e. The van der Waals surface area contributed by atoms with Crippen molar-refractivity contribution < 1.29 is 0 Å². The molecule has 0 saturated heterocycles. The van der Waals surface area contributed by atoms with Crippen molar-refractivity contribution in [2.75, 3.05) is 0 Å². The highest BCUT2D eigenvalue weighted by Gasteiger charge is 1.78. The predicted octanol–water partition coefficient (Wildman–Crippen LogP) is 2.65. The van der Waals surface area contributed by atoms with Gasteiger partial charge in [0.05, 0.1) is 0 Å². The highest BCUT2D eigenvalue weighted by Crippen LogP contribution is 1.97. The monoisotopic (exact) mass is 119 g/mol. The summed E-state index contributed by atoms with van der Waals surface area (Å²) in [5, 5.41) is 0. The van der Waals surface area contributed by atoms with E-state index in [9.17, 15) is 0 Å². The van der Waals surface area contributed by atoms with E-state index in [4.69, 9.17) is 0 Å². The molecule has 9 heavy (non-hydrogen) atoms. The van der Waals surface area contributed by atoms with Crippen molar-refractivity contribution in [3.63, 3.8) is 0 Å². The van der Waals surface area contributed by atoms with Crippen molar-refractivity contribution >= 4 is 0 Å². The first kappa shape index (κ1) is 6.34. The highest BCUT2D eigenvalue weighted by molar-refractivity contribution is 5.12. The number of allylic oxidation sites excluding steroid dienone is 6. The van der Waals surface area contributed by atoms with E-state index < -0.39 is 0 Å². The Hall–Kier alpha value is -0.780. The van der Waals surface area contributed by atoms with Crippen LogP contribution in [-0.2, 0) is 0 Å². The fraction of sp³-hybridized carbons (Fsp3) is 0.222. The molecular formula is C9H11. The van der Waals surface area contributed by atoms with Gasteiger partial charge in [-0.25, -0.2) is 0 Å². The zero-order valence-electron chi connectivity index (χ0n) is 5.46. The van der Waals surface area contributed by atoms with Gasteiger partial charge in [0.2, 0.25) is 0 Å². The molecule has 0 N–H and O–H groups in total. The van der Waals surface area contributed by atoms with Crippen molar-refractivity contribution in [1.29, 1.82) is 0 Å². The summed E-state index contributed by atoms with van der Waals surface area (Å²) in [7, 11) is 0. The first-order chi connectivity index (χ1) is 4.50. The summed E-state index contributed by atoms with van der Waals surface area (Å²) in [5.74, 6) is 0. The SMILES string of the molecule is [CH]1/C=C/C=C\C/C=C/C1. The second-order valence-corrected chi connectivity index (χ2v) is 1.99. The van der Waals surface area contributed by atoms with E-state index in [1.54, 1.807) is 0 Å². The van der Waals surface area contributed by atoms with Crippen LogP contribution >= 0.6 is 0 Å². The third kappa shape index (κ3) is 2.91. The summed E-state index contributed by atoms with van der Waals surface area (Å²) in [6, 6.07) is 0. The van der Waals surface area contributed by atoms with Crippen LogP contribution in [0.4, 0.5) is 0 Å². The topological polar surface area (TPSA) is 0 Å². The van der Waals surface area contributed by atoms with E-state index in [1.807, 2.05) is 0 Å². The quantitative estimate of drug-likeness (QED) is 0.430. The minimum absolute atomic E-state index is 1.07. The van der Waals surface area contributed by atoms with Gasteiger partial charge in [-0.3, -0.25) is 0 Å². The molecule has 0 heterocycles. The van der Waals surface area contributed by atoms with Gasteiger partial charge in [-0.1, -0.05) is 36.5 Å². The zero-order valence-corrected chi connectivity index (χ0v) is 5.46. The Bertz CT molecular complexity index is 138. The van der Waals surface area contributed by atoms with Crippen molar-refractivity contribution in [1.82, 2.24) is 0 Å². The summed E-state index contributed by atoms with van der Waals surface area (Å²) in [6.45, 7) is 0. The van der Waals surface area contributed by atoms with Gasteiger partial charge in [0.25, 0.3) is 0 Å². The molecule has 0 aromatic heterocycles. The minimum atomic E-state index is 1.07. The molecular weight excluding hydrogens is 108 g/mol. The second kappa shape index (κ2) is 4.13. The predicted molar refractivity (Wildman–Crippen MR) is 41.0 cm³/mol. The largest absolute Gasteiger partial charge is 0.0876 e. The fourth-order valence-electron chi connectivity index (χ4n) is 0.728. The number of hydrogen-bond acceptors (Lipinski definition) is 0. The highest BCUT2D eigenvalue weighted by atomic mass is 13.8. The van der Waals surface area contributed by atoms with Crippen LogP contribution in [0.2, 0.25) is 0 Å². The maximum Gasteiger partial charge on any atom is -0.0130 e.